The van der Waals surface area contributed by atoms with Crippen LogP contribution in [0.15, 0.2) is 30.3 Å². The number of ether oxygens (including phenoxy) is 1. The van der Waals surface area contributed by atoms with E-state index in [4.69, 9.17) is 4.74 Å². The minimum atomic E-state index is -0.942. The van der Waals surface area contributed by atoms with Crippen molar-refractivity contribution in [3.63, 3.8) is 0 Å². The third-order valence-corrected chi connectivity index (χ3v) is 3.60. The van der Waals surface area contributed by atoms with Gasteiger partial charge in [-0.3, -0.25) is 9.69 Å². The molecule has 1 aromatic carbocycles. The fraction of sp³-hybridized carbons (Fsp3) is 0.562. The second-order valence-corrected chi connectivity index (χ2v) is 5.28. The lowest BCUT2D eigenvalue weighted by Gasteiger charge is -2.22. The van der Waals surface area contributed by atoms with Gasteiger partial charge in [0.1, 0.15) is 12.2 Å². The first-order valence-electron chi connectivity index (χ1n) is 7.29. The summed E-state index contributed by atoms with van der Waals surface area (Å²) in [5, 5.41) is 0. The quantitative estimate of drug-likeness (QED) is 0.592. The summed E-state index contributed by atoms with van der Waals surface area (Å²) >= 11 is 0. The Bertz CT molecular complexity index is 424. The molecule has 0 aromatic heterocycles. The number of rotatable bonds is 6. The van der Waals surface area contributed by atoms with E-state index < -0.39 is 12.2 Å². The van der Waals surface area contributed by atoms with Gasteiger partial charge in [-0.05, 0) is 12.0 Å². The minimum Gasteiger partial charge on any atom is -0.465 e. The van der Waals surface area contributed by atoms with Crippen molar-refractivity contribution in [3.05, 3.63) is 35.9 Å². The average Bonchev–Trinajstić information content (AvgIpc) is 2.81. The molecular weight excluding hydrogens is 257 g/mol. The van der Waals surface area contributed by atoms with Crippen LogP contribution >= 0.6 is 0 Å². The summed E-state index contributed by atoms with van der Waals surface area (Å²) in [7, 11) is 0. The molecule has 1 aliphatic rings. The first-order valence-corrected chi connectivity index (χ1v) is 7.29. The smallest absolute Gasteiger partial charge is 0.323 e. The number of alkyl halides is 1. The number of carbonyl (C=O) groups is 1. The van der Waals surface area contributed by atoms with E-state index in [-0.39, 0.29) is 12.4 Å². The number of benzene rings is 1. The van der Waals surface area contributed by atoms with Crippen molar-refractivity contribution in [3.8, 4) is 0 Å². The van der Waals surface area contributed by atoms with Crippen molar-refractivity contribution in [2.45, 2.75) is 44.9 Å². The van der Waals surface area contributed by atoms with E-state index in [9.17, 15) is 9.18 Å². The second-order valence-electron chi connectivity index (χ2n) is 5.28. The highest BCUT2D eigenvalue weighted by atomic mass is 19.1. The zero-order chi connectivity index (χ0) is 14.4. The Labute approximate surface area is 119 Å². The molecular formula is C16H22FNO2. The van der Waals surface area contributed by atoms with Gasteiger partial charge in [0.05, 0.1) is 6.61 Å². The van der Waals surface area contributed by atoms with E-state index in [0.29, 0.717) is 19.7 Å². The summed E-state index contributed by atoms with van der Waals surface area (Å²) in [5.74, 6) is -0.283. The SMILES string of the molecule is CCCCOC(=O)[C@H]1C[C@H](F)CN1Cc1ccccc1. The van der Waals surface area contributed by atoms with Gasteiger partial charge in [0.15, 0.2) is 0 Å². The molecule has 3 nitrogen and oxygen atoms in total. The number of hydrogen-bond acceptors (Lipinski definition) is 3. The molecule has 20 heavy (non-hydrogen) atoms. The second kappa shape index (κ2) is 7.39. The van der Waals surface area contributed by atoms with E-state index in [0.717, 1.165) is 18.4 Å². The van der Waals surface area contributed by atoms with Crippen LogP contribution in [-0.2, 0) is 16.1 Å². The van der Waals surface area contributed by atoms with E-state index >= 15 is 0 Å². The van der Waals surface area contributed by atoms with Crippen molar-refractivity contribution in [1.29, 1.82) is 0 Å². The van der Waals surface area contributed by atoms with Gasteiger partial charge in [0.25, 0.3) is 0 Å². The topological polar surface area (TPSA) is 29.5 Å². The molecule has 110 valence electrons. The normalized spacial score (nSPS) is 22.9. The number of likely N-dealkylation sites (tertiary alicyclic amines) is 1. The molecule has 0 N–H and O–H groups in total. The van der Waals surface area contributed by atoms with Crippen LogP contribution in [0.1, 0.15) is 31.7 Å². The number of hydrogen-bond donors (Lipinski definition) is 0. The van der Waals surface area contributed by atoms with Gasteiger partial charge >= 0.3 is 5.97 Å². The fourth-order valence-corrected chi connectivity index (χ4v) is 2.50. The van der Waals surface area contributed by atoms with Gasteiger partial charge in [-0.15, -0.1) is 0 Å². The maximum Gasteiger partial charge on any atom is 0.323 e. The Morgan fingerprint density at radius 1 is 1.40 bits per heavy atom. The molecule has 1 saturated heterocycles. The Morgan fingerprint density at radius 3 is 2.85 bits per heavy atom. The summed E-state index contributed by atoms with van der Waals surface area (Å²) in [6.45, 7) is 3.38. The van der Waals surface area contributed by atoms with Crippen LogP contribution in [0.2, 0.25) is 0 Å². The largest absolute Gasteiger partial charge is 0.465 e. The molecule has 0 unspecified atom stereocenters. The summed E-state index contributed by atoms with van der Waals surface area (Å²) in [4.78, 5) is 13.9. The molecule has 1 heterocycles. The van der Waals surface area contributed by atoms with Gasteiger partial charge < -0.3 is 4.74 Å². The molecule has 1 aromatic rings. The molecule has 2 rings (SSSR count). The third-order valence-electron chi connectivity index (χ3n) is 3.60. The molecule has 0 bridgehead atoms. The van der Waals surface area contributed by atoms with Crippen LogP contribution in [0.3, 0.4) is 0 Å². The molecule has 0 aliphatic carbocycles. The van der Waals surface area contributed by atoms with Crippen LogP contribution < -0.4 is 0 Å². The lowest BCUT2D eigenvalue weighted by molar-refractivity contribution is -0.149. The molecule has 0 saturated carbocycles. The summed E-state index contributed by atoms with van der Waals surface area (Å²) in [5.41, 5.74) is 1.09. The number of esters is 1. The standard InChI is InChI=1S/C16H22FNO2/c1-2-3-9-20-16(19)15-10-14(17)12-18(15)11-13-7-5-4-6-8-13/h4-8,14-15H,2-3,9-12H2,1H3/t14-,15+/m0/s1. The van der Waals surface area contributed by atoms with Crippen molar-refractivity contribution in [2.24, 2.45) is 0 Å². The number of carbonyl (C=O) groups excluding carboxylic acids is 1. The highest BCUT2D eigenvalue weighted by Crippen LogP contribution is 2.23. The zero-order valence-electron chi connectivity index (χ0n) is 11.9. The highest BCUT2D eigenvalue weighted by Gasteiger charge is 2.37. The van der Waals surface area contributed by atoms with Crippen molar-refractivity contribution in [2.75, 3.05) is 13.2 Å². The van der Waals surface area contributed by atoms with Gasteiger partial charge in [-0.2, -0.15) is 0 Å². The molecule has 0 amide bonds. The molecule has 2 atom stereocenters. The van der Waals surface area contributed by atoms with Crippen LogP contribution in [-0.4, -0.2) is 36.2 Å². The van der Waals surface area contributed by atoms with Crippen LogP contribution in [0, 0.1) is 0 Å². The Morgan fingerprint density at radius 2 is 2.15 bits per heavy atom. The molecule has 1 fully saturated rings. The molecule has 1 aliphatic heterocycles. The molecule has 4 heteroatoms. The van der Waals surface area contributed by atoms with E-state index in [2.05, 4.69) is 0 Å². The Balaban J connectivity index is 1.94. The number of unbranched alkanes of at least 4 members (excludes halogenated alkanes) is 1. The monoisotopic (exact) mass is 279 g/mol. The minimum absolute atomic E-state index is 0.248. The summed E-state index contributed by atoms with van der Waals surface area (Å²) in [6.07, 6.45) is 1.15. The zero-order valence-corrected chi connectivity index (χ0v) is 11.9. The van der Waals surface area contributed by atoms with Gasteiger partial charge in [-0.25, -0.2) is 4.39 Å². The first kappa shape index (κ1) is 15.0. The van der Waals surface area contributed by atoms with E-state index in [1.807, 2.05) is 42.2 Å². The maximum absolute atomic E-state index is 13.6. The molecule has 0 spiro atoms. The van der Waals surface area contributed by atoms with E-state index in [1.54, 1.807) is 0 Å². The number of halogens is 1. The van der Waals surface area contributed by atoms with Gasteiger partial charge in [-0.1, -0.05) is 43.7 Å². The summed E-state index contributed by atoms with van der Waals surface area (Å²) < 4.78 is 18.9. The van der Waals surface area contributed by atoms with Crippen molar-refractivity contribution in [1.82, 2.24) is 4.90 Å². The summed E-state index contributed by atoms with van der Waals surface area (Å²) in [6, 6.07) is 9.39. The lowest BCUT2D eigenvalue weighted by Crippen LogP contribution is -2.37. The first-order chi connectivity index (χ1) is 9.70. The predicted molar refractivity (Wildman–Crippen MR) is 76.0 cm³/mol. The van der Waals surface area contributed by atoms with Crippen LogP contribution in [0.4, 0.5) is 4.39 Å². The Hall–Kier alpha value is -1.42. The van der Waals surface area contributed by atoms with Gasteiger partial charge in [0, 0.05) is 19.5 Å². The van der Waals surface area contributed by atoms with E-state index in [1.165, 1.54) is 0 Å². The van der Waals surface area contributed by atoms with Gasteiger partial charge in [0.2, 0.25) is 0 Å². The van der Waals surface area contributed by atoms with Crippen molar-refractivity contribution >= 4 is 5.97 Å². The number of nitrogens with zero attached hydrogens (tertiary/aromatic N) is 1. The lowest BCUT2D eigenvalue weighted by atomic mass is 10.2. The van der Waals surface area contributed by atoms with Crippen LogP contribution in [0.5, 0.6) is 0 Å². The maximum atomic E-state index is 13.6. The highest BCUT2D eigenvalue weighted by molar-refractivity contribution is 5.76. The predicted octanol–water partition coefficient (Wildman–Crippen LogP) is 2.94. The van der Waals surface area contributed by atoms with Crippen molar-refractivity contribution < 1.29 is 13.9 Å². The average molecular weight is 279 g/mol. The van der Waals surface area contributed by atoms with Crippen LogP contribution in [0.25, 0.3) is 0 Å². The fourth-order valence-electron chi connectivity index (χ4n) is 2.50. The third kappa shape index (κ3) is 4.04. The Kier molecular flexibility index (Phi) is 5.53. The molecule has 0 radical (unpaired) electrons.